The quantitative estimate of drug-likeness (QED) is 0.907. The molecule has 5 heteroatoms. The number of aromatic nitrogens is 1. The molecular weight excluding hydrogens is 268 g/mol. The molecule has 2 N–H and O–H groups in total. The van der Waals surface area contributed by atoms with Crippen molar-refractivity contribution in [2.24, 2.45) is 0 Å². The number of aryl methyl sites for hydroxylation is 2. The second-order valence-corrected chi connectivity index (χ2v) is 4.68. The molecule has 0 radical (unpaired) electrons. The van der Waals surface area contributed by atoms with E-state index in [0.717, 1.165) is 17.7 Å². The third-order valence-corrected chi connectivity index (χ3v) is 3.18. The van der Waals surface area contributed by atoms with Gasteiger partial charge in [0, 0.05) is 11.3 Å². The SMILES string of the molecule is CCc1cc(CNC(=O)Oc2ccccc2)c(=O)[nH]c1C. The van der Waals surface area contributed by atoms with Gasteiger partial charge in [-0.05, 0) is 37.1 Å². The summed E-state index contributed by atoms with van der Waals surface area (Å²) in [4.78, 5) is 26.3. The maximum absolute atomic E-state index is 11.8. The average molecular weight is 286 g/mol. The molecule has 1 heterocycles. The van der Waals surface area contributed by atoms with E-state index < -0.39 is 6.09 Å². The van der Waals surface area contributed by atoms with Gasteiger partial charge in [0.25, 0.3) is 5.56 Å². The monoisotopic (exact) mass is 286 g/mol. The highest BCUT2D eigenvalue weighted by Gasteiger charge is 2.08. The van der Waals surface area contributed by atoms with Crippen molar-refractivity contribution < 1.29 is 9.53 Å². The van der Waals surface area contributed by atoms with Crippen molar-refractivity contribution in [3.05, 3.63) is 63.6 Å². The van der Waals surface area contributed by atoms with E-state index in [1.807, 2.05) is 26.0 Å². The van der Waals surface area contributed by atoms with E-state index in [9.17, 15) is 9.59 Å². The largest absolute Gasteiger partial charge is 0.412 e. The Hall–Kier alpha value is -2.56. The first-order chi connectivity index (χ1) is 10.1. The van der Waals surface area contributed by atoms with Crippen molar-refractivity contribution in [3.63, 3.8) is 0 Å². The molecule has 1 aromatic carbocycles. The number of ether oxygens (including phenoxy) is 1. The molecule has 110 valence electrons. The Morgan fingerprint density at radius 3 is 2.62 bits per heavy atom. The van der Waals surface area contributed by atoms with Gasteiger partial charge >= 0.3 is 6.09 Å². The number of pyridine rings is 1. The first kappa shape index (κ1) is 14.8. The molecule has 21 heavy (non-hydrogen) atoms. The summed E-state index contributed by atoms with van der Waals surface area (Å²) in [5.74, 6) is 0.460. The van der Waals surface area contributed by atoms with E-state index in [1.165, 1.54) is 0 Å². The minimum atomic E-state index is -0.584. The summed E-state index contributed by atoms with van der Waals surface area (Å²) >= 11 is 0. The highest BCUT2D eigenvalue weighted by Crippen LogP contribution is 2.09. The molecular formula is C16H18N2O3. The van der Waals surface area contributed by atoms with Crippen LogP contribution in [0.3, 0.4) is 0 Å². The molecule has 0 aliphatic rings. The number of carbonyl (C=O) groups excluding carboxylic acids is 1. The molecule has 1 amide bonds. The van der Waals surface area contributed by atoms with Gasteiger partial charge in [-0.25, -0.2) is 4.79 Å². The van der Waals surface area contributed by atoms with Crippen LogP contribution in [0.25, 0.3) is 0 Å². The Bertz CT molecular complexity index is 678. The Morgan fingerprint density at radius 1 is 1.24 bits per heavy atom. The molecule has 0 fully saturated rings. The molecule has 0 aliphatic heterocycles. The van der Waals surface area contributed by atoms with Crippen LogP contribution in [0.1, 0.15) is 23.7 Å². The van der Waals surface area contributed by atoms with Crippen LogP contribution in [0.4, 0.5) is 4.79 Å². The fourth-order valence-corrected chi connectivity index (χ4v) is 2.01. The molecule has 0 aliphatic carbocycles. The number of aromatic amines is 1. The van der Waals surface area contributed by atoms with E-state index >= 15 is 0 Å². The summed E-state index contributed by atoms with van der Waals surface area (Å²) < 4.78 is 5.09. The average Bonchev–Trinajstić information content (AvgIpc) is 2.47. The molecule has 1 aromatic heterocycles. The normalized spacial score (nSPS) is 10.2. The Kier molecular flexibility index (Phi) is 4.77. The number of benzene rings is 1. The van der Waals surface area contributed by atoms with Crippen molar-refractivity contribution in [1.82, 2.24) is 10.3 Å². The fraction of sp³-hybridized carbons (Fsp3) is 0.250. The van der Waals surface area contributed by atoms with E-state index in [4.69, 9.17) is 4.74 Å². The van der Waals surface area contributed by atoms with Crippen LogP contribution in [0.5, 0.6) is 5.75 Å². The van der Waals surface area contributed by atoms with E-state index in [-0.39, 0.29) is 12.1 Å². The predicted molar refractivity (Wildman–Crippen MR) is 80.5 cm³/mol. The number of carbonyl (C=O) groups is 1. The van der Waals surface area contributed by atoms with Crippen LogP contribution in [0.15, 0.2) is 41.2 Å². The molecule has 0 atom stereocenters. The van der Waals surface area contributed by atoms with E-state index in [0.29, 0.717) is 11.3 Å². The number of nitrogens with one attached hydrogen (secondary N) is 2. The lowest BCUT2D eigenvalue weighted by Crippen LogP contribution is -2.29. The topological polar surface area (TPSA) is 71.2 Å². The zero-order chi connectivity index (χ0) is 15.2. The smallest absolute Gasteiger partial charge is 0.410 e. The highest BCUT2D eigenvalue weighted by molar-refractivity contribution is 5.70. The third kappa shape index (κ3) is 3.95. The van der Waals surface area contributed by atoms with Gasteiger partial charge in [0.2, 0.25) is 0 Å². The summed E-state index contributed by atoms with van der Waals surface area (Å²) in [6, 6.07) is 10.6. The molecule has 0 saturated heterocycles. The zero-order valence-corrected chi connectivity index (χ0v) is 12.1. The minimum absolute atomic E-state index is 0.133. The maximum atomic E-state index is 11.8. The minimum Gasteiger partial charge on any atom is -0.410 e. The van der Waals surface area contributed by atoms with Gasteiger partial charge in [-0.1, -0.05) is 25.1 Å². The van der Waals surface area contributed by atoms with Crippen LogP contribution in [0, 0.1) is 6.92 Å². The number of amides is 1. The van der Waals surface area contributed by atoms with Gasteiger partial charge in [0.05, 0.1) is 6.54 Å². The summed E-state index contributed by atoms with van der Waals surface area (Å²) in [5, 5.41) is 2.58. The second kappa shape index (κ2) is 6.74. The van der Waals surface area contributed by atoms with Crippen LogP contribution < -0.4 is 15.6 Å². The number of hydrogen-bond donors (Lipinski definition) is 2. The molecule has 0 saturated carbocycles. The molecule has 2 aromatic rings. The van der Waals surface area contributed by atoms with Gasteiger partial charge in [-0.2, -0.15) is 0 Å². The van der Waals surface area contributed by atoms with Crippen LogP contribution in [-0.2, 0) is 13.0 Å². The number of para-hydroxylation sites is 1. The van der Waals surface area contributed by atoms with Crippen LogP contribution in [0.2, 0.25) is 0 Å². The van der Waals surface area contributed by atoms with Crippen molar-refractivity contribution in [1.29, 1.82) is 0 Å². The Morgan fingerprint density at radius 2 is 1.95 bits per heavy atom. The molecule has 0 spiro atoms. The highest BCUT2D eigenvalue weighted by atomic mass is 16.6. The number of hydrogen-bond acceptors (Lipinski definition) is 3. The van der Waals surface area contributed by atoms with Crippen LogP contribution in [-0.4, -0.2) is 11.1 Å². The summed E-state index contributed by atoms with van der Waals surface area (Å²) in [5.41, 5.74) is 2.24. The summed E-state index contributed by atoms with van der Waals surface area (Å²) in [7, 11) is 0. The summed E-state index contributed by atoms with van der Waals surface area (Å²) in [6.45, 7) is 4.01. The number of rotatable bonds is 4. The van der Waals surface area contributed by atoms with E-state index in [1.54, 1.807) is 24.3 Å². The summed E-state index contributed by atoms with van der Waals surface area (Å²) in [6.07, 6.45) is 0.239. The standard InChI is InChI=1S/C16H18N2O3/c1-3-12-9-13(15(19)18-11(12)2)10-17-16(20)21-14-7-5-4-6-8-14/h4-9H,3,10H2,1-2H3,(H,17,20)(H,18,19). The first-order valence-electron chi connectivity index (χ1n) is 6.82. The lowest BCUT2D eigenvalue weighted by molar-refractivity contribution is 0.200. The van der Waals surface area contributed by atoms with E-state index in [2.05, 4.69) is 10.3 Å². The zero-order valence-electron chi connectivity index (χ0n) is 12.1. The molecule has 5 nitrogen and oxygen atoms in total. The lowest BCUT2D eigenvalue weighted by atomic mass is 10.1. The predicted octanol–water partition coefficient (Wildman–Crippen LogP) is 2.53. The molecule has 2 rings (SSSR count). The third-order valence-electron chi connectivity index (χ3n) is 3.18. The maximum Gasteiger partial charge on any atom is 0.412 e. The molecule has 0 bridgehead atoms. The van der Waals surface area contributed by atoms with Crippen molar-refractivity contribution in [2.45, 2.75) is 26.8 Å². The second-order valence-electron chi connectivity index (χ2n) is 4.68. The van der Waals surface area contributed by atoms with Gasteiger partial charge < -0.3 is 15.0 Å². The van der Waals surface area contributed by atoms with Gasteiger partial charge in [-0.15, -0.1) is 0 Å². The Labute approximate surface area is 123 Å². The lowest BCUT2D eigenvalue weighted by Gasteiger charge is -2.08. The van der Waals surface area contributed by atoms with Gasteiger partial charge in [0.1, 0.15) is 5.75 Å². The Balaban J connectivity index is 2.00. The van der Waals surface area contributed by atoms with Crippen molar-refractivity contribution in [3.8, 4) is 5.75 Å². The van der Waals surface area contributed by atoms with Gasteiger partial charge in [-0.3, -0.25) is 4.79 Å². The van der Waals surface area contributed by atoms with Crippen molar-refractivity contribution in [2.75, 3.05) is 0 Å². The van der Waals surface area contributed by atoms with Crippen LogP contribution >= 0.6 is 0 Å². The first-order valence-corrected chi connectivity index (χ1v) is 6.82. The molecule has 0 unspecified atom stereocenters. The van der Waals surface area contributed by atoms with Gasteiger partial charge in [0.15, 0.2) is 0 Å². The fourth-order valence-electron chi connectivity index (χ4n) is 2.01. The number of H-pyrrole nitrogens is 1. The van der Waals surface area contributed by atoms with Crippen molar-refractivity contribution >= 4 is 6.09 Å².